The van der Waals surface area contributed by atoms with Gasteiger partial charge in [0.2, 0.25) is 5.91 Å². The van der Waals surface area contributed by atoms with E-state index in [2.05, 4.69) is 10.6 Å². The summed E-state index contributed by atoms with van der Waals surface area (Å²) >= 11 is 0. The van der Waals surface area contributed by atoms with Crippen LogP contribution in [0.5, 0.6) is 0 Å². The molecule has 2 N–H and O–H groups in total. The van der Waals surface area contributed by atoms with Crippen molar-refractivity contribution < 1.29 is 52.5 Å². The van der Waals surface area contributed by atoms with E-state index in [1.54, 1.807) is 41.5 Å². The van der Waals surface area contributed by atoms with Crippen LogP contribution < -0.4 is 10.6 Å². The van der Waals surface area contributed by atoms with Gasteiger partial charge in [-0.3, -0.25) is 19.2 Å². The highest BCUT2D eigenvalue weighted by atomic mass is 16.6. The molecule has 0 aliphatic rings. The molecule has 0 spiro atoms. The Morgan fingerprint density at radius 1 is 0.667 bits per heavy atom. The van der Waals surface area contributed by atoms with E-state index in [4.69, 9.17) is 18.9 Å². The zero-order valence-corrected chi connectivity index (χ0v) is 36.8. The third-order valence-corrected chi connectivity index (χ3v) is 8.22. The summed E-state index contributed by atoms with van der Waals surface area (Å²) in [7, 11) is 2.67. The van der Waals surface area contributed by atoms with Gasteiger partial charge in [-0.05, 0) is 91.0 Å². The second kappa shape index (κ2) is 26.4. The van der Waals surface area contributed by atoms with Gasteiger partial charge in [0.15, 0.2) is 11.6 Å². The van der Waals surface area contributed by atoms with Gasteiger partial charge in [-0.1, -0.05) is 65.0 Å². The van der Waals surface area contributed by atoms with Crippen molar-refractivity contribution >= 4 is 41.6 Å². The molecular formula is C43H71N3O11. The minimum absolute atomic E-state index is 0.00875. The number of methoxy groups -OCH3 is 2. The number of ether oxygens (including phenoxy) is 4. The highest BCUT2D eigenvalue weighted by Crippen LogP contribution is 2.21. The maximum atomic E-state index is 13.4. The highest BCUT2D eigenvalue weighted by molar-refractivity contribution is 5.88. The molecule has 324 valence electrons. The molecule has 57 heavy (non-hydrogen) atoms. The lowest BCUT2D eigenvalue weighted by Gasteiger charge is -2.33. The number of nitrogens with one attached hydrogen (secondary N) is 2. The quantitative estimate of drug-likeness (QED) is 0.0979. The van der Waals surface area contributed by atoms with E-state index in [0.717, 1.165) is 12.0 Å². The Morgan fingerprint density at radius 3 is 1.58 bits per heavy atom. The maximum absolute atomic E-state index is 13.4. The van der Waals surface area contributed by atoms with E-state index >= 15 is 0 Å². The van der Waals surface area contributed by atoms with Crippen molar-refractivity contribution in [1.29, 1.82) is 0 Å². The van der Waals surface area contributed by atoms with Crippen molar-refractivity contribution in [3.8, 4) is 0 Å². The average molecular weight is 806 g/mol. The van der Waals surface area contributed by atoms with Gasteiger partial charge >= 0.3 is 24.1 Å². The molecule has 0 fully saturated rings. The predicted molar refractivity (Wildman–Crippen MR) is 218 cm³/mol. The monoisotopic (exact) mass is 806 g/mol. The second-order valence-electron chi connectivity index (χ2n) is 17.1. The number of rotatable bonds is 21. The van der Waals surface area contributed by atoms with Crippen LogP contribution >= 0.6 is 0 Å². The Morgan fingerprint density at radius 2 is 1.14 bits per heavy atom. The van der Waals surface area contributed by atoms with Crippen LogP contribution in [0.4, 0.5) is 9.59 Å². The Bertz CT molecular complexity index is 1420. The summed E-state index contributed by atoms with van der Waals surface area (Å²) in [6, 6.07) is 8.85. The molecule has 3 atom stereocenters. The first-order chi connectivity index (χ1) is 26.4. The molecule has 0 aliphatic carbocycles. The van der Waals surface area contributed by atoms with Gasteiger partial charge < -0.3 is 34.5 Å². The fraction of sp³-hybridized carbons (Fsp3) is 0.698. The second-order valence-corrected chi connectivity index (χ2v) is 17.1. The van der Waals surface area contributed by atoms with Gasteiger partial charge in [-0.2, -0.15) is 0 Å². The van der Waals surface area contributed by atoms with Crippen LogP contribution in [-0.4, -0.2) is 97.6 Å². The van der Waals surface area contributed by atoms with E-state index in [1.165, 1.54) is 19.1 Å². The molecule has 0 aromatic heterocycles. The van der Waals surface area contributed by atoms with E-state index in [0.29, 0.717) is 38.0 Å². The average Bonchev–Trinajstić information content (AvgIpc) is 3.10. The summed E-state index contributed by atoms with van der Waals surface area (Å²) in [6.07, 6.45) is 1.92. The molecule has 14 nitrogen and oxygen atoms in total. The molecule has 3 amide bonds. The molecule has 14 heteroatoms. The van der Waals surface area contributed by atoms with Crippen LogP contribution in [0.2, 0.25) is 0 Å². The van der Waals surface area contributed by atoms with Crippen LogP contribution in [0.3, 0.4) is 0 Å². The van der Waals surface area contributed by atoms with E-state index in [-0.39, 0.29) is 61.3 Å². The van der Waals surface area contributed by atoms with Crippen LogP contribution in [0.1, 0.15) is 120 Å². The lowest BCUT2D eigenvalue weighted by molar-refractivity contribution is -0.155. The Hall–Kier alpha value is -4.49. The van der Waals surface area contributed by atoms with Gasteiger partial charge in [0.05, 0.1) is 33.2 Å². The zero-order chi connectivity index (χ0) is 43.9. The summed E-state index contributed by atoms with van der Waals surface area (Å²) in [5.74, 6) is -1.34. The predicted octanol–water partition coefficient (Wildman–Crippen LogP) is 6.85. The lowest BCUT2D eigenvalue weighted by Crippen LogP contribution is -2.49. The van der Waals surface area contributed by atoms with Crippen molar-refractivity contribution in [2.75, 3.05) is 33.9 Å². The smallest absolute Gasteiger partial charge is 0.408 e. The van der Waals surface area contributed by atoms with E-state index in [9.17, 15) is 33.6 Å². The molecule has 0 saturated carbocycles. The number of nitrogens with zero attached hydrogens (tertiary/aromatic N) is 1. The Labute approximate surface area is 340 Å². The molecule has 1 aromatic carbocycles. The number of esters is 2. The molecule has 0 unspecified atom stereocenters. The topological polar surface area (TPSA) is 184 Å². The van der Waals surface area contributed by atoms with Crippen LogP contribution in [0, 0.1) is 23.7 Å². The third kappa shape index (κ3) is 25.4. The molecule has 0 bridgehead atoms. The van der Waals surface area contributed by atoms with Gasteiger partial charge in [-0.15, -0.1) is 0 Å². The van der Waals surface area contributed by atoms with Crippen LogP contribution in [-0.2, 0) is 49.3 Å². The zero-order valence-electron chi connectivity index (χ0n) is 36.8. The third-order valence-electron chi connectivity index (χ3n) is 8.22. The summed E-state index contributed by atoms with van der Waals surface area (Å²) < 4.78 is 20.0. The standard InChI is InChI=1S/C26H40N2O6.C17H31NO5/c1-18(2)15-22(24(31)33-7)28(23(30)19(3)16-20-11-9-8-10-12-20)14-13-21(29)17-27-25(32)34-26(4,5)6;1-12(2)10-13(15(20)22-6)8-7-9-14(19)11-18-16(21)23-17(3,4)5/h8-12,18-19,22H,13-17H2,1-7H3,(H,27,32);12-13H,7-11H2,1-6H3,(H,18,21)/t19-,22-;13-/m00/s1. The van der Waals surface area contributed by atoms with Gasteiger partial charge in [-0.25, -0.2) is 14.4 Å². The highest BCUT2D eigenvalue weighted by Gasteiger charge is 2.34. The van der Waals surface area contributed by atoms with Crippen molar-refractivity contribution in [3.63, 3.8) is 0 Å². The summed E-state index contributed by atoms with van der Waals surface area (Å²) in [5, 5.41) is 4.88. The minimum atomic E-state index is -0.790. The SMILES string of the molecule is COC(=O)[C@@H](CCCC(=O)CNC(=O)OC(C)(C)C)CC(C)C.COC(=O)[C@H](CC(C)C)N(CCC(=O)CNC(=O)OC(C)(C)C)C(=O)[C@@H](C)Cc1ccccc1. The number of carbonyl (C=O) groups excluding carboxylic acids is 7. The minimum Gasteiger partial charge on any atom is -0.469 e. The number of Topliss-reactive ketones (excluding diaryl/α,β-unsaturated/α-hetero) is 2. The molecule has 1 rings (SSSR count). The maximum Gasteiger partial charge on any atom is 0.408 e. The van der Waals surface area contributed by atoms with Crippen molar-refractivity contribution in [3.05, 3.63) is 35.9 Å². The van der Waals surface area contributed by atoms with Crippen molar-refractivity contribution in [2.45, 2.75) is 138 Å². The number of alkyl carbamates (subject to hydrolysis) is 2. The summed E-state index contributed by atoms with van der Waals surface area (Å²) in [6.45, 7) is 20.1. The largest absolute Gasteiger partial charge is 0.469 e. The molecule has 1 aromatic rings. The van der Waals surface area contributed by atoms with Crippen LogP contribution in [0.25, 0.3) is 0 Å². The number of carbonyl (C=O) groups is 7. The molecule has 0 radical (unpaired) electrons. The first kappa shape index (κ1) is 52.5. The van der Waals surface area contributed by atoms with E-state index < -0.39 is 41.3 Å². The number of benzene rings is 1. The summed E-state index contributed by atoms with van der Waals surface area (Å²) in [4.78, 5) is 86.7. The lowest BCUT2D eigenvalue weighted by atomic mass is 9.92. The van der Waals surface area contributed by atoms with Gasteiger partial charge in [0, 0.05) is 25.3 Å². The number of hydrogen-bond donors (Lipinski definition) is 2. The summed E-state index contributed by atoms with van der Waals surface area (Å²) in [5.41, 5.74) is -0.243. The molecule has 0 heterocycles. The Balaban J connectivity index is 0.00000119. The molecular weight excluding hydrogens is 734 g/mol. The fourth-order valence-electron chi connectivity index (χ4n) is 5.70. The number of hydrogen-bond acceptors (Lipinski definition) is 11. The molecule has 0 aliphatic heterocycles. The van der Waals surface area contributed by atoms with Crippen molar-refractivity contribution in [1.82, 2.24) is 15.5 Å². The normalized spacial score (nSPS) is 12.9. The Kier molecular flexibility index (Phi) is 24.4. The first-order valence-corrected chi connectivity index (χ1v) is 19.9. The van der Waals surface area contributed by atoms with Gasteiger partial charge in [0.1, 0.15) is 17.2 Å². The molecule has 0 saturated heterocycles. The number of ketones is 2. The fourth-order valence-corrected chi connectivity index (χ4v) is 5.70. The van der Waals surface area contributed by atoms with Crippen molar-refractivity contribution in [2.24, 2.45) is 23.7 Å². The van der Waals surface area contributed by atoms with Crippen LogP contribution in [0.15, 0.2) is 30.3 Å². The van der Waals surface area contributed by atoms with Gasteiger partial charge in [0.25, 0.3) is 0 Å². The van der Waals surface area contributed by atoms with E-state index in [1.807, 2.05) is 65.0 Å². The number of amides is 3. The first-order valence-electron chi connectivity index (χ1n) is 19.9.